The SMILES string of the molecule is O=S([O-])c1ccc(OC(F)(F)F)cc1Br.[Na+]. The van der Waals surface area contributed by atoms with Crippen molar-refractivity contribution in [3.8, 4) is 5.75 Å². The van der Waals surface area contributed by atoms with Crippen LogP contribution in [0.2, 0.25) is 0 Å². The average molecular weight is 327 g/mol. The molecule has 1 atom stereocenters. The van der Waals surface area contributed by atoms with Crippen molar-refractivity contribution in [2.75, 3.05) is 0 Å². The summed E-state index contributed by atoms with van der Waals surface area (Å²) in [6.07, 6.45) is -4.79. The van der Waals surface area contributed by atoms with Crippen molar-refractivity contribution in [1.82, 2.24) is 0 Å². The first kappa shape index (κ1) is 16.4. The Morgan fingerprint density at radius 2 is 1.94 bits per heavy atom. The third-order valence-corrected chi connectivity index (χ3v) is 2.95. The van der Waals surface area contributed by atoms with E-state index in [1.54, 1.807) is 0 Å². The van der Waals surface area contributed by atoms with Crippen LogP contribution in [0, 0.1) is 0 Å². The third-order valence-electron chi connectivity index (χ3n) is 1.32. The second-order valence-electron chi connectivity index (χ2n) is 2.37. The van der Waals surface area contributed by atoms with Gasteiger partial charge in [-0.05, 0) is 45.2 Å². The molecule has 0 bridgehead atoms. The van der Waals surface area contributed by atoms with E-state index in [1.165, 1.54) is 0 Å². The summed E-state index contributed by atoms with van der Waals surface area (Å²) in [6, 6.07) is 2.86. The molecule has 0 spiro atoms. The Kier molecular flexibility index (Phi) is 6.52. The van der Waals surface area contributed by atoms with E-state index in [2.05, 4.69) is 20.7 Å². The summed E-state index contributed by atoms with van der Waals surface area (Å²) < 4.78 is 60.0. The molecule has 0 aliphatic heterocycles. The van der Waals surface area contributed by atoms with Crippen LogP contribution in [0.1, 0.15) is 0 Å². The zero-order valence-corrected chi connectivity index (χ0v) is 12.3. The summed E-state index contributed by atoms with van der Waals surface area (Å²) in [5.74, 6) is -0.483. The van der Waals surface area contributed by atoms with Crippen molar-refractivity contribution in [2.24, 2.45) is 0 Å². The number of ether oxygens (including phenoxy) is 1. The molecule has 0 radical (unpaired) electrons. The minimum atomic E-state index is -4.79. The molecule has 16 heavy (non-hydrogen) atoms. The maximum Gasteiger partial charge on any atom is 1.00 e. The second-order valence-corrected chi connectivity index (χ2v) is 4.14. The second kappa shape index (κ2) is 6.36. The molecule has 0 N–H and O–H groups in total. The summed E-state index contributed by atoms with van der Waals surface area (Å²) >= 11 is 0.309. The molecule has 0 heterocycles. The Labute approximate surface area is 122 Å². The summed E-state index contributed by atoms with van der Waals surface area (Å²) in [5, 5.41) is 0. The zero-order chi connectivity index (χ0) is 11.6. The van der Waals surface area contributed by atoms with E-state index in [0.29, 0.717) is 0 Å². The fourth-order valence-electron chi connectivity index (χ4n) is 0.814. The number of rotatable bonds is 2. The van der Waals surface area contributed by atoms with Crippen molar-refractivity contribution >= 4 is 27.0 Å². The van der Waals surface area contributed by atoms with Crippen molar-refractivity contribution < 1.29 is 56.2 Å². The van der Waals surface area contributed by atoms with Crippen LogP contribution in [-0.2, 0) is 11.1 Å². The molecule has 0 aliphatic rings. The average Bonchev–Trinajstić information content (AvgIpc) is 1.99. The predicted octanol–water partition coefficient (Wildman–Crippen LogP) is -0.410. The largest absolute Gasteiger partial charge is 1.00 e. The quantitative estimate of drug-likeness (QED) is 0.548. The van der Waals surface area contributed by atoms with E-state index in [0.717, 1.165) is 18.2 Å². The normalized spacial score (nSPS) is 12.8. The first-order valence-electron chi connectivity index (χ1n) is 3.44. The standard InChI is InChI=1S/C7H4BrF3O3S.Na/c8-5-3-4(14-7(9,10)11)1-2-6(5)15(12)13;/h1-3H,(H,12,13);/q;+1/p-1. The molecule has 0 aromatic heterocycles. The predicted molar refractivity (Wildman–Crippen MR) is 48.0 cm³/mol. The van der Waals surface area contributed by atoms with E-state index in [4.69, 9.17) is 0 Å². The van der Waals surface area contributed by atoms with Crippen LogP contribution in [-0.4, -0.2) is 15.1 Å². The first-order chi connectivity index (χ1) is 6.79. The van der Waals surface area contributed by atoms with E-state index in [9.17, 15) is 21.9 Å². The van der Waals surface area contributed by atoms with Crippen LogP contribution in [0.15, 0.2) is 27.6 Å². The first-order valence-corrected chi connectivity index (χ1v) is 5.31. The maximum atomic E-state index is 11.8. The molecule has 1 unspecified atom stereocenters. The smallest absolute Gasteiger partial charge is 0.768 e. The molecule has 0 amide bonds. The van der Waals surface area contributed by atoms with Gasteiger partial charge in [-0.3, -0.25) is 4.21 Å². The van der Waals surface area contributed by atoms with E-state index in [-0.39, 0.29) is 38.9 Å². The van der Waals surface area contributed by atoms with Crippen LogP contribution in [0.3, 0.4) is 0 Å². The van der Waals surface area contributed by atoms with E-state index in [1.807, 2.05) is 0 Å². The molecular formula is C7H3BrF3NaO3S. The number of alkyl halides is 3. The molecule has 1 aromatic rings. The molecule has 9 heteroatoms. The van der Waals surface area contributed by atoms with Crippen LogP contribution >= 0.6 is 15.9 Å². The Morgan fingerprint density at radius 3 is 2.31 bits per heavy atom. The Bertz CT molecular complexity index is 399. The number of hydrogen-bond acceptors (Lipinski definition) is 3. The summed E-state index contributed by atoms with van der Waals surface area (Å²) in [7, 11) is 0. The van der Waals surface area contributed by atoms with Gasteiger partial charge >= 0.3 is 35.9 Å². The number of hydrogen-bond donors (Lipinski definition) is 0. The van der Waals surface area contributed by atoms with Gasteiger partial charge in [0.05, 0.1) is 0 Å². The van der Waals surface area contributed by atoms with Crippen LogP contribution in [0.4, 0.5) is 13.2 Å². The third kappa shape index (κ3) is 5.15. The van der Waals surface area contributed by atoms with Gasteiger partial charge in [-0.1, -0.05) is 0 Å². The topological polar surface area (TPSA) is 49.4 Å². The van der Waals surface area contributed by atoms with Gasteiger partial charge in [0.1, 0.15) is 5.75 Å². The van der Waals surface area contributed by atoms with Crippen molar-refractivity contribution in [2.45, 2.75) is 11.3 Å². The summed E-state index contributed by atoms with van der Waals surface area (Å²) in [5.41, 5.74) is 0. The molecule has 0 saturated heterocycles. The Balaban J connectivity index is 0.00000225. The van der Waals surface area contributed by atoms with Crippen LogP contribution < -0.4 is 34.3 Å². The van der Waals surface area contributed by atoms with Crippen molar-refractivity contribution in [1.29, 1.82) is 0 Å². The molecule has 0 aliphatic carbocycles. The van der Waals surface area contributed by atoms with Gasteiger partial charge in [0.2, 0.25) is 0 Å². The fourth-order valence-corrected chi connectivity index (χ4v) is 1.97. The molecule has 84 valence electrons. The van der Waals surface area contributed by atoms with Gasteiger partial charge in [0.25, 0.3) is 0 Å². The number of benzene rings is 1. The summed E-state index contributed by atoms with van der Waals surface area (Å²) in [4.78, 5) is -0.135. The zero-order valence-electron chi connectivity index (χ0n) is 7.88. The van der Waals surface area contributed by atoms with Gasteiger partial charge in [0, 0.05) is 9.37 Å². The van der Waals surface area contributed by atoms with E-state index < -0.39 is 23.2 Å². The van der Waals surface area contributed by atoms with Crippen molar-refractivity contribution in [3.63, 3.8) is 0 Å². The van der Waals surface area contributed by atoms with Gasteiger partial charge in [-0.25, -0.2) is 0 Å². The Hall–Kier alpha value is 0.400. The molecule has 0 saturated carbocycles. The van der Waals surface area contributed by atoms with E-state index >= 15 is 0 Å². The van der Waals surface area contributed by atoms with Crippen LogP contribution in [0.5, 0.6) is 5.75 Å². The molecule has 1 rings (SSSR count). The maximum absolute atomic E-state index is 11.8. The van der Waals surface area contributed by atoms with Gasteiger partial charge in [-0.2, -0.15) is 0 Å². The fraction of sp³-hybridized carbons (Fsp3) is 0.143. The van der Waals surface area contributed by atoms with Gasteiger partial charge in [0.15, 0.2) is 0 Å². The Morgan fingerprint density at radius 1 is 1.38 bits per heavy atom. The van der Waals surface area contributed by atoms with Crippen molar-refractivity contribution in [3.05, 3.63) is 22.7 Å². The van der Waals surface area contributed by atoms with Gasteiger partial charge < -0.3 is 9.29 Å². The minimum Gasteiger partial charge on any atom is -0.768 e. The monoisotopic (exact) mass is 326 g/mol. The van der Waals surface area contributed by atoms with Gasteiger partial charge in [-0.15, -0.1) is 13.2 Å². The molecule has 3 nitrogen and oxygen atoms in total. The molecule has 0 fully saturated rings. The molecule has 1 aromatic carbocycles. The number of halogens is 4. The minimum absolute atomic E-state index is 0. The summed E-state index contributed by atoms with van der Waals surface area (Å²) in [6.45, 7) is 0. The van der Waals surface area contributed by atoms with Crippen LogP contribution in [0.25, 0.3) is 0 Å². The molecular weight excluding hydrogens is 324 g/mol.